The van der Waals surface area contributed by atoms with E-state index in [1.807, 2.05) is 83.8 Å². The molecule has 1 aliphatic heterocycles. The van der Waals surface area contributed by atoms with Gasteiger partial charge in [-0.2, -0.15) is 0 Å². The zero-order valence-corrected chi connectivity index (χ0v) is 24.6. The van der Waals surface area contributed by atoms with E-state index >= 15 is 0 Å². The van der Waals surface area contributed by atoms with E-state index in [1.54, 1.807) is 0 Å². The second-order valence-corrected chi connectivity index (χ2v) is 12.0. The van der Waals surface area contributed by atoms with Crippen LogP contribution in [0.2, 0.25) is 0 Å². The van der Waals surface area contributed by atoms with Gasteiger partial charge < -0.3 is 14.4 Å². The minimum absolute atomic E-state index is 0.690. The number of rotatable bonds is 12. The number of fused-ring (bicyclic) bond motifs is 2. The van der Waals surface area contributed by atoms with E-state index in [0.717, 1.165) is 37.3 Å². The normalized spacial score (nSPS) is 13.8. The summed E-state index contributed by atoms with van der Waals surface area (Å²) < 4.78 is 13.3. The third-order valence-corrected chi connectivity index (χ3v) is 9.28. The van der Waals surface area contributed by atoms with Crippen molar-refractivity contribution >= 4 is 44.9 Å². The number of benzene rings is 4. The summed E-state index contributed by atoms with van der Waals surface area (Å²) in [5, 5.41) is 2.60. The van der Waals surface area contributed by atoms with Gasteiger partial charge in [0.1, 0.15) is 11.5 Å². The van der Waals surface area contributed by atoms with E-state index in [1.165, 1.54) is 36.1 Å². The van der Waals surface area contributed by atoms with Gasteiger partial charge in [-0.15, -0.1) is 11.3 Å². The Morgan fingerprint density at radius 1 is 0.683 bits per heavy atom. The van der Waals surface area contributed by atoms with Crippen LogP contribution in [0.3, 0.4) is 0 Å². The Morgan fingerprint density at radius 2 is 1.34 bits per heavy atom. The lowest BCUT2D eigenvalue weighted by molar-refractivity contribution is 0.311. The van der Waals surface area contributed by atoms with Crippen LogP contribution < -0.4 is 14.4 Å². The van der Waals surface area contributed by atoms with Crippen LogP contribution in [-0.4, -0.2) is 19.8 Å². The van der Waals surface area contributed by atoms with E-state index in [9.17, 15) is 0 Å². The highest BCUT2D eigenvalue weighted by molar-refractivity contribution is 8.03. The third kappa shape index (κ3) is 6.87. The maximum absolute atomic E-state index is 5.97. The van der Waals surface area contributed by atoms with Crippen molar-refractivity contribution in [1.29, 1.82) is 0 Å². The van der Waals surface area contributed by atoms with Crippen molar-refractivity contribution in [2.45, 2.75) is 24.2 Å². The number of aryl methyl sites for hydroxylation is 1. The molecule has 4 aromatic carbocycles. The van der Waals surface area contributed by atoms with Gasteiger partial charge in [-0.25, -0.2) is 0 Å². The molecule has 0 N–H and O–H groups in total. The predicted molar refractivity (Wildman–Crippen MR) is 175 cm³/mol. The fraction of sp³-hybridized carbons (Fsp3) is 0.167. The number of thiophene rings is 1. The first-order chi connectivity index (χ1) is 20.3. The van der Waals surface area contributed by atoms with Crippen LogP contribution in [0.4, 0.5) is 5.69 Å². The van der Waals surface area contributed by atoms with Crippen molar-refractivity contribution in [3.63, 3.8) is 0 Å². The molecule has 2 heterocycles. The highest BCUT2D eigenvalue weighted by atomic mass is 32.2. The zero-order valence-electron chi connectivity index (χ0n) is 22.9. The van der Waals surface area contributed by atoms with E-state index < -0.39 is 0 Å². The molecule has 0 bridgehead atoms. The molecule has 0 unspecified atom stereocenters. The van der Waals surface area contributed by atoms with Crippen LogP contribution in [-0.2, 0) is 6.42 Å². The van der Waals surface area contributed by atoms with Gasteiger partial charge in [-0.05, 0) is 84.8 Å². The van der Waals surface area contributed by atoms with Crippen molar-refractivity contribution in [3.8, 4) is 11.5 Å². The summed E-state index contributed by atoms with van der Waals surface area (Å²) in [5.74, 6) is 1.86. The van der Waals surface area contributed by atoms with Gasteiger partial charge in [0.2, 0.25) is 0 Å². The molecule has 0 saturated carbocycles. The molecule has 5 aromatic rings. The van der Waals surface area contributed by atoms with Crippen molar-refractivity contribution in [2.75, 3.05) is 24.7 Å². The molecule has 0 spiro atoms. The van der Waals surface area contributed by atoms with Crippen molar-refractivity contribution in [1.82, 2.24) is 0 Å². The molecule has 41 heavy (non-hydrogen) atoms. The lowest BCUT2D eigenvalue weighted by Gasteiger charge is -2.20. The molecule has 1 aliphatic rings. The summed E-state index contributed by atoms with van der Waals surface area (Å²) in [4.78, 5) is 5.05. The van der Waals surface area contributed by atoms with Crippen molar-refractivity contribution in [2.24, 2.45) is 0 Å². The number of hydrogen-bond acceptors (Lipinski definition) is 5. The number of thioether (sulfide) groups is 1. The molecule has 0 atom stereocenters. The molecule has 5 heteroatoms. The van der Waals surface area contributed by atoms with Crippen LogP contribution in [0, 0.1) is 0 Å². The number of hydrogen-bond donors (Lipinski definition) is 0. The van der Waals surface area contributed by atoms with Crippen molar-refractivity contribution < 1.29 is 9.47 Å². The van der Waals surface area contributed by atoms with E-state index in [0.29, 0.717) is 13.2 Å². The Bertz CT molecular complexity index is 1630. The van der Waals surface area contributed by atoms with Crippen LogP contribution in [0.1, 0.15) is 23.3 Å². The van der Waals surface area contributed by atoms with Gasteiger partial charge in [-0.3, -0.25) is 0 Å². The second-order valence-electron chi connectivity index (χ2n) is 9.81. The quantitative estimate of drug-likeness (QED) is 0.138. The summed E-state index contributed by atoms with van der Waals surface area (Å²) in [7, 11) is 0. The number of para-hydroxylation sites is 3. The number of nitrogens with zero attached hydrogens (tertiary/aromatic N) is 1. The average molecular weight is 576 g/mol. The van der Waals surface area contributed by atoms with Crippen molar-refractivity contribution in [3.05, 3.63) is 137 Å². The maximum atomic E-state index is 5.97. The summed E-state index contributed by atoms with van der Waals surface area (Å²) in [6, 6.07) is 37.5. The van der Waals surface area contributed by atoms with Crippen LogP contribution in [0.15, 0.2) is 131 Å². The Kier molecular flexibility index (Phi) is 9.05. The fourth-order valence-corrected chi connectivity index (χ4v) is 7.29. The first kappa shape index (κ1) is 27.3. The monoisotopic (exact) mass is 575 g/mol. The number of allylic oxidation sites excluding steroid dienone is 2. The largest absolute Gasteiger partial charge is 0.494 e. The molecular weight excluding hydrogens is 543 g/mol. The molecule has 0 aliphatic carbocycles. The predicted octanol–water partition coefficient (Wildman–Crippen LogP) is 9.85. The van der Waals surface area contributed by atoms with E-state index in [2.05, 4.69) is 71.7 Å². The minimum atomic E-state index is 0.690. The smallest absolute Gasteiger partial charge is 0.119 e. The van der Waals surface area contributed by atoms with Gasteiger partial charge in [-0.1, -0.05) is 84.6 Å². The lowest BCUT2D eigenvalue weighted by atomic mass is 10.1. The van der Waals surface area contributed by atoms with E-state index in [-0.39, 0.29) is 0 Å². The third-order valence-electron chi connectivity index (χ3n) is 6.97. The highest BCUT2D eigenvalue weighted by Gasteiger charge is 2.23. The van der Waals surface area contributed by atoms with Gasteiger partial charge in [0.15, 0.2) is 0 Å². The molecule has 0 amide bonds. The van der Waals surface area contributed by atoms with E-state index in [4.69, 9.17) is 9.47 Å². The molecule has 0 radical (unpaired) electrons. The molecule has 206 valence electrons. The van der Waals surface area contributed by atoms with Gasteiger partial charge in [0.05, 0.1) is 23.9 Å². The Labute approximate surface area is 250 Å². The molecule has 3 nitrogen and oxygen atoms in total. The summed E-state index contributed by atoms with van der Waals surface area (Å²) in [6.45, 7) is 2.31. The second kappa shape index (κ2) is 13.6. The Hall–Kier alpha value is -3.93. The topological polar surface area (TPSA) is 21.7 Å². The molecule has 6 rings (SSSR count). The maximum Gasteiger partial charge on any atom is 0.119 e. The minimum Gasteiger partial charge on any atom is -0.494 e. The highest BCUT2D eigenvalue weighted by Crippen LogP contribution is 2.46. The summed E-state index contributed by atoms with van der Waals surface area (Å²) in [5.41, 5.74) is 2.69. The van der Waals surface area contributed by atoms with Crippen LogP contribution in [0.5, 0.6) is 11.5 Å². The standard InChI is InChI=1S/C36H33NO2S2/c1-3-14-28(15-4-1)38-26-12-19-31-30-18-7-9-21-33(30)40-34(31)23-11-24-36-37(32-20-8-10-22-35(32)41-36)25-13-27-39-29-16-5-2-6-17-29/h1-11,14-18,20-24H,12-13,19,25-27H2. The first-order valence-electron chi connectivity index (χ1n) is 14.1. The van der Waals surface area contributed by atoms with Gasteiger partial charge >= 0.3 is 0 Å². The molecule has 1 aromatic heterocycles. The molecular formula is C36H33NO2S2. The Morgan fingerprint density at radius 3 is 2.12 bits per heavy atom. The van der Waals surface area contributed by atoms with Gasteiger partial charge in [0, 0.05) is 21.0 Å². The number of anilines is 1. The number of ether oxygens (including phenoxy) is 2. The molecule has 0 saturated heterocycles. The zero-order chi connectivity index (χ0) is 27.7. The van der Waals surface area contributed by atoms with Crippen LogP contribution >= 0.6 is 23.1 Å². The summed E-state index contributed by atoms with van der Waals surface area (Å²) in [6.07, 6.45) is 9.66. The SMILES string of the molecule is C(=Cc1sc2ccccc2c1CCCOc1ccccc1)C=C1Sc2ccccc2N1CCCOc1ccccc1. The Balaban J connectivity index is 1.14. The average Bonchev–Trinajstić information content (AvgIpc) is 3.56. The van der Waals surface area contributed by atoms with Gasteiger partial charge in [0.25, 0.3) is 0 Å². The summed E-state index contributed by atoms with van der Waals surface area (Å²) >= 11 is 3.71. The first-order valence-corrected chi connectivity index (χ1v) is 15.8. The lowest BCUT2D eigenvalue weighted by Crippen LogP contribution is -2.20. The molecule has 0 fully saturated rings. The van der Waals surface area contributed by atoms with Crippen LogP contribution in [0.25, 0.3) is 16.2 Å². The fourth-order valence-electron chi connectivity index (χ4n) is 5.02.